The van der Waals surface area contributed by atoms with Gasteiger partial charge in [-0.1, -0.05) is 29.8 Å². The first-order valence-electron chi connectivity index (χ1n) is 10.3. The summed E-state index contributed by atoms with van der Waals surface area (Å²) < 4.78 is 28.2. The van der Waals surface area contributed by atoms with Crippen LogP contribution in [0.2, 0.25) is 0 Å². The molecule has 1 heterocycles. The SMILES string of the molecule is Cc1cc(C)c(S(=O)(=O)N2CCCC2CNC(=O)C(=O)Nc2ccccc2C#N)c(C)c1. The lowest BCUT2D eigenvalue weighted by Crippen LogP contribution is -2.45. The number of sulfonamides is 1. The molecule has 9 heteroatoms. The average molecular weight is 455 g/mol. The topological polar surface area (TPSA) is 119 Å². The van der Waals surface area contributed by atoms with Crippen molar-refractivity contribution in [2.75, 3.05) is 18.4 Å². The number of carbonyl (C=O) groups excluding carboxylic acids is 2. The second-order valence-corrected chi connectivity index (χ2v) is 9.79. The van der Waals surface area contributed by atoms with E-state index in [1.165, 1.54) is 16.4 Å². The second kappa shape index (κ2) is 9.51. The van der Waals surface area contributed by atoms with E-state index in [9.17, 15) is 18.0 Å². The second-order valence-electron chi connectivity index (χ2n) is 7.96. The van der Waals surface area contributed by atoms with E-state index < -0.39 is 27.9 Å². The van der Waals surface area contributed by atoms with Crippen molar-refractivity contribution in [3.05, 3.63) is 58.7 Å². The predicted octanol–water partition coefficient (Wildman–Crippen LogP) is 2.39. The third-order valence-electron chi connectivity index (χ3n) is 5.49. The zero-order valence-electron chi connectivity index (χ0n) is 18.3. The number of hydrogen-bond acceptors (Lipinski definition) is 5. The largest absolute Gasteiger partial charge is 0.346 e. The number of anilines is 1. The van der Waals surface area contributed by atoms with Crippen molar-refractivity contribution >= 4 is 27.5 Å². The van der Waals surface area contributed by atoms with Crippen molar-refractivity contribution in [2.45, 2.75) is 44.6 Å². The molecule has 0 saturated carbocycles. The van der Waals surface area contributed by atoms with E-state index in [0.29, 0.717) is 35.4 Å². The molecule has 1 atom stereocenters. The molecule has 1 saturated heterocycles. The number of rotatable bonds is 5. The first kappa shape index (κ1) is 23.4. The van der Waals surface area contributed by atoms with Gasteiger partial charge in [0.15, 0.2) is 0 Å². The summed E-state index contributed by atoms with van der Waals surface area (Å²) in [5.41, 5.74) is 2.85. The quantitative estimate of drug-likeness (QED) is 0.673. The molecule has 0 spiro atoms. The third kappa shape index (κ3) is 4.82. The highest BCUT2D eigenvalue weighted by Gasteiger charge is 2.37. The van der Waals surface area contributed by atoms with Gasteiger partial charge in [0, 0.05) is 19.1 Å². The number of amides is 2. The number of benzene rings is 2. The van der Waals surface area contributed by atoms with Gasteiger partial charge in [-0.3, -0.25) is 9.59 Å². The number of nitrogens with zero attached hydrogens (tertiary/aromatic N) is 2. The summed E-state index contributed by atoms with van der Waals surface area (Å²) in [6.07, 6.45) is 1.26. The zero-order chi connectivity index (χ0) is 23.5. The maximum absolute atomic E-state index is 13.4. The predicted molar refractivity (Wildman–Crippen MR) is 120 cm³/mol. The van der Waals surface area contributed by atoms with Crippen LogP contribution in [0.25, 0.3) is 0 Å². The molecule has 1 fully saturated rings. The van der Waals surface area contributed by atoms with Crippen LogP contribution >= 0.6 is 0 Å². The van der Waals surface area contributed by atoms with Crippen LogP contribution in [-0.2, 0) is 19.6 Å². The standard InChI is InChI=1S/C23H26N4O4S/c1-15-11-16(2)21(17(3)12-15)32(30,31)27-10-6-8-19(27)14-25-22(28)23(29)26-20-9-5-4-7-18(20)13-24/h4-5,7,9,11-12,19H,6,8,10,14H2,1-3H3,(H,25,28)(H,26,29). The molecule has 1 aliphatic rings. The van der Waals surface area contributed by atoms with E-state index >= 15 is 0 Å². The molecule has 0 aromatic heterocycles. The Kier molecular flexibility index (Phi) is 6.96. The molecule has 1 aliphatic heterocycles. The zero-order valence-corrected chi connectivity index (χ0v) is 19.1. The van der Waals surface area contributed by atoms with Crippen LogP contribution in [0.4, 0.5) is 5.69 Å². The molecule has 1 unspecified atom stereocenters. The Morgan fingerprint density at radius 1 is 1.12 bits per heavy atom. The molecule has 8 nitrogen and oxygen atoms in total. The maximum Gasteiger partial charge on any atom is 0.313 e. The Morgan fingerprint density at radius 2 is 1.78 bits per heavy atom. The molecule has 3 rings (SSSR count). The lowest BCUT2D eigenvalue weighted by atomic mass is 10.1. The Labute approximate surface area is 188 Å². The number of carbonyl (C=O) groups is 2. The van der Waals surface area contributed by atoms with Gasteiger partial charge in [0.1, 0.15) is 6.07 Å². The van der Waals surface area contributed by atoms with Crippen molar-refractivity contribution < 1.29 is 18.0 Å². The summed E-state index contributed by atoms with van der Waals surface area (Å²) >= 11 is 0. The average Bonchev–Trinajstić information content (AvgIpc) is 3.21. The number of nitriles is 1. The summed E-state index contributed by atoms with van der Waals surface area (Å²) in [6.45, 7) is 5.86. The molecule has 2 amide bonds. The Morgan fingerprint density at radius 3 is 2.44 bits per heavy atom. The van der Waals surface area contributed by atoms with Crippen molar-refractivity contribution in [1.29, 1.82) is 5.26 Å². The molecule has 2 aromatic rings. The molecule has 2 N–H and O–H groups in total. The normalized spacial score (nSPS) is 16.4. The van der Waals surface area contributed by atoms with E-state index in [-0.39, 0.29) is 17.8 Å². The van der Waals surface area contributed by atoms with Crippen LogP contribution in [0, 0.1) is 32.1 Å². The Hall–Kier alpha value is -3.22. The first-order chi connectivity index (χ1) is 15.1. The van der Waals surface area contributed by atoms with Crippen LogP contribution in [0.15, 0.2) is 41.3 Å². The van der Waals surface area contributed by atoms with Gasteiger partial charge in [-0.2, -0.15) is 9.57 Å². The fourth-order valence-corrected chi connectivity index (χ4v) is 6.29. The number of aryl methyl sites for hydroxylation is 3. The van der Waals surface area contributed by atoms with Crippen molar-refractivity contribution in [1.82, 2.24) is 9.62 Å². The van der Waals surface area contributed by atoms with Gasteiger partial charge in [0.25, 0.3) is 0 Å². The summed E-state index contributed by atoms with van der Waals surface area (Å²) in [7, 11) is -3.75. The number of para-hydroxylation sites is 1. The van der Waals surface area contributed by atoms with Gasteiger partial charge in [0.2, 0.25) is 10.0 Å². The van der Waals surface area contributed by atoms with Gasteiger partial charge < -0.3 is 10.6 Å². The van der Waals surface area contributed by atoms with Crippen LogP contribution in [-0.4, -0.2) is 43.7 Å². The molecule has 0 aliphatic carbocycles. The van der Waals surface area contributed by atoms with Crippen LogP contribution < -0.4 is 10.6 Å². The van der Waals surface area contributed by atoms with E-state index in [4.69, 9.17) is 5.26 Å². The fourth-order valence-electron chi connectivity index (χ4n) is 4.18. The summed E-state index contributed by atoms with van der Waals surface area (Å²) in [5.74, 6) is -1.80. The molecule has 32 heavy (non-hydrogen) atoms. The van der Waals surface area contributed by atoms with Crippen LogP contribution in [0.3, 0.4) is 0 Å². The maximum atomic E-state index is 13.4. The summed E-state index contributed by atoms with van der Waals surface area (Å²) in [4.78, 5) is 24.8. The fraction of sp³-hybridized carbons (Fsp3) is 0.348. The minimum atomic E-state index is -3.75. The Bertz CT molecular complexity index is 1180. The Balaban J connectivity index is 1.69. The molecule has 0 radical (unpaired) electrons. The molecule has 2 aromatic carbocycles. The molecular weight excluding hydrogens is 428 g/mol. The van der Waals surface area contributed by atoms with Crippen molar-refractivity contribution in [3.8, 4) is 6.07 Å². The van der Waals surface area contributed by atoms with Crippen LogP contribution in [0.1, 0.15) is 35.1 Å². The van der Waals surface area contributed by atoms with Crippen LogP contribution in [0.5, 0.6) is 0 Å². The monoisotopic (exact) mass is 454 g/mol. The van der Waals surface area contributed by atoms with Gasteiger partial charge in [-0.05, 0) is 56.9 Å². The number of hydrogen-bond donors (Lipinski definition) is 2. The van der Waals surface area contributed by atoms with Gasteiger partial charge >= 0.3 is 11.8 Å². The van der Waals surface area contributed by atoms with Gasteiger partial charge in [0.05, 0.1) is 16.1 Å². The third-order valence-corrected chi connectivity index (χ3v) is 7.75. The molecule has 168 valence electrons. The smallest absolute Gasteiger partial charge is 0.313 e. The molecule has 0 bridgehead atoms. The highest BCUT2D eigenvalue weighted by Crippen LogP contribution is 2.30. The van der Waals surface area contributed by atoms with Gasteiger partial charge in [-0.25, -0.2) is 8.42 Å². The first-order valence-corrected chi connectivity index (χ1v) is 11.8. The summed E-state index contributed by atoms with van der Waals surface area (Å²) in [5, 5.41) is 14.1. The minimum absolute atomic E-state index is 0.0232. The van der Waals surface area contributed by atoms with E-state index in [2.05, 4.69) is 10.6 Å². The van der Waals surface area contributed by atoms with E-state index in [1.54, 1.807) is 26.0 Å². The summed E-state index contributed by atoms with van der Waals surface area (Å²) in [6, 6.07) is 11.6. The lowest BCUT2D eigenvalue weighted by molar-refractivity contribution is -0.136. The van der Waals surface area contributed by atoms with Crippen molar-refractivity contribution in [3.63, 3.8) is 0 Å². The molecular formula is C23H26N4O4S. The van der Waals surface area contributed by atoms with E-state index in [1.807, 2.05) is 25.1 Å². The van der Waals surface area contributed by atoms with Crippen molar-refractivity contribution in [2.24, 2.45) is 0 Å². The number of nitrogens with one attached hydrogen (secondary N) is 2. The lowest BCUT2D eigenvalue weighted by Gasteiger charge is -2.26. The van der Waals surface area contributed by atoms with Gasteiger partial charge in [-0.15, -0.1) is 0 Å². The highest BCUT2D eigenvalue weighted by atomic mass is 32.2. The highest BCUT2D eigenvalue weighted by molar-refractivity contribution is 7.89. The van der Waals surface area contributed by atoms with E-state index in [0.717, 1.165) is 5.56 Å². The minimum Gasteiger partial charge on any atom is -0.346 e.